The number of aromatic amines is 1. The predicted molar refractivity (Wildman–Crippen MR) is 105 cm³/mol. The molecule has 0 atom stereocenters. The Morgan fingerprint density at radius 2 is 2.04 bits per heavy atom. The summed E-state index contributed by atoms with van der Waals surface area (Å²) >= 11 is 0. The third kappa shape index (κ3) is 3.10. The number of aryl methyl sites for hydroxylation is 2. The van der Waals surface area contributed by atoms with Crippen LogP contribution in [0.4, 0.5) is 0 Å². The Morgan fingerprint density at radius 1 is 1.18 bits per heavy atom. The number of carbonyl (C=O) groups excluding carboxylic acids is 1. The van der Waals surface area contributed by atoms with E-state index in [0.717, 1.165) is 54.4 Å². The van der Waals surface area contributed by atoms with Gasteiger partial charge in [0.05, 0.1) is 23.1 Å². The maximum atomic E-state index is 12.8. The maximum absolute atomic E-state index is 12.8. The largest absolute Gasteiger partial charge is 0.345 e. The van der Waals surface area contributed by atoms with Gasteiger partial charge in [-0.1, -0.05) is 0 Å². The number of nitrogens with one attached hydrogen (secondary N) is 1. The highest BCUT2D eigenvalue weighted by Crippen LogP contribution is 2.22. The zero-order valence-corrected chi connectivity index (χ0v) is 15.7. The number of imidazole rings is 1. The van der Waals surface area contributed by atoms with Crippen LogP contribution in [0.15, 0.2) is 35.4 Å². The summed E-state index contributed by atoms with van der Waals surface area (Å²) in [7, 11) is 0. The van der Waals surface area contributed by atoms with Crippen molar-refractivity contribution < 1.29 is 4.79 Å². The number of hydrogen-bond acceptors (Lipinski definition) is 4. The number of piperidine rings is 1. The Hall–Kier alpha value is -2.96. The first-order chi connectivity index (χ1) is 13.7. The summed E-state index contributed by atoms with van der Waals surface area (Å²) in [6.45, 7) is 2.07. The average Bonchev–Trinajstić information content (AvgIpc) is 3.36. The lowest BCUT2D eigenvalue weighted by atomic mass is 9.96. The average molecular weight is 377 g/mol. The van der Waals surface area contributed by atoms with Gasteiger partial charge in [-0.25, -0.2) is 9.67 Å². The number of benzene rings is 1. The lowest BCUT2D eigenvalue weighted by Crippen LogP contribution is -2.40. The Balaban J connectivity index is 1.24. The van der Waals surface area contributed by atoms with Crippen molar-refractivity contribution in [3.05, 3.63) is 57.8 Å². The van der Waals surface area contributed by atoms with Crippen LogP contribution in [0.2, 0.25) is 0 Å². The van der Waals surface area contributed by atoms with Gasteiger partial charge in [-0.2, -0.15) is 5.10 Å². The van der Waals surface area contributed by atoms with Crippen LogP contribution in [-0.4, -0.2) is 43.6 Å². The first-order valence-electron chi connectivity index (χ1n) is 10.00. The van der Waals surface area contributed by atoms with Crippen LogP contribution in [0.1, 0.15) is 40.9 Å². The van der Waals surface area contributed by atoms with Crippen molar-refractivity contribution in [3.8, 4) is 0 Å². The molecule has 1 saturated heterocycles. The van der Waals surface area contributed by atoms with Crippen molar-refractivity contribution in [2.24, 2.45) is 5.92 Å². The summed E-state index contributed by atoms with van der Waals surface area (Å²) in [5.41, 5.74) is 4.64. The summed E-state index contributed by atoms with van der Waals surface area (Å²) in [6.07, 6.45) is 6.47. The van der Waals surface area contributed by atoms with Crippen LogP contribution >= 0.6 is 0 Å². The normalized spacial score (nSPS) is 17.2. The second-order valence-corrected chi connectivity index (χ2v) is 7.86. The molecule has 2 aromatic heterocycles. The van der Waals surface area contributed by atoms with Crippen LogP contribution in [0.5, 0.6) is 0 Å². The number of amides is 1. The zero-order chi connectivity index (χ0) is 19.1. The number of H-pyrrole nitrogens is 1. The Labute approximate surface area is 162 Å². The molecule has 144 valence electrons. The summed E-state index contributed by atoms with van der Waals surface area (Å²) in [6, 6.07) is 7.34. The third-order valence-electron chi connectivity index (χ3n) is 6.02. The minimum Gasteiger partial charge on any atom is -0.345 e. The fourth-order valence-electron chi connectivity index (χ4n) is 4.38. The highest BCUT2D eigenvalue weighted by molar-refractivity contribution is 5.97. The summed E-state index contributed by atoms with van der Waals surface area (Å²) in [5, 5.41) is 4.59. The van der Waals surface area contributed by atoms with Crippen LogP contribution in [0.3, 0.4) is 0 Å². The van der Waals surface area contributed by atoms with Gasteiger partial charge in [-0.3, -0.25) is 9.59 Å². The van der Waals surface area contributed by atoms with E-state index in [0.29, 0.717) is 31.1 Å². The molecule has 0 bridgehead atoms. The molecule has 7 heteroatoms. The van der Waals surface area contributed by atoms with Gasteiger partial charge in [0, 0.05) is 31.3 Å². The quantitative estimate of drug-likeness (QED) is 0.758. The molecule has 0 saturated carbocycles. The molecule has 3 heterocycles. The highest BCUT2D eigenvalue weighted by Gasteiger charge is 2.25. The lowest BCUT2D eigenvalue weighted by Gasteiger charge is -2.32. The molecule has 0 radical (unpaired) electrons. The van der Waals surface area contributed by atoms with Gasteiger partial charge in [0.2, 0.25) is 0 Å². The molecular weight excluding hydrogens is 354 g/mol. The van der Waals surface area contributed by atoms with Crippen molar-refractivity contribution in [1.82, 2.24) is 24.6 Å². The molecular formula is C21H23N5O2. The van der Waals surface area contributed by atoms with E-state index in [2.05, 4.69) is 15.1 Å². The molecule has 1 amide bonds. The summed E-state index contributed by atoms with van der Waals surface area (Å²) in [4.78, 5) is 34.3. The van der Waals surface area contributed by atoms with E-state index in [1.165, 1.54) is 0 Å². The predicted octanol–water partition coefficient (Wildman–Crippen LogP) is 2.16. The molecule has 5 rings (SSSR count). The van der Waals surface area contributed by atoms with E-state index < -0.39 is 0 Å². The second-order valence-electron chi connectivity index (χ2n) is 7.86. The van der Waals surface area contributed by atoms with Crippen molar-refractivity contribution >= 4 is 16.9 Å². The van der Waals surface area contributed by atoms with Crippen molar-refractivity contribution in [3.63, 3.8) is 0 Å². The smallest absolute Gasteiger partial charge is 0.267 e. The first kappa shape index (κ1) is 17.2. The molecule has 3 aromatic rings. The number of nitrogens with zero attached hydrogens (tertiary/aromatic N) is 4. The van der Waals surface area contributed by atoms with Gasteiger partial charge in [0.1, 0.15) is 0 Å². The molecule has 1 fully saturated rings. The van der Waals surface area contributed by atoms with Gasteiger partial charge in [-0.15, -0.1) is 0 Å². The lowest BCUT2D eigenvalue weighted by molar-refractivity contribution is 0.0680. The van der Waals surface area contributed by atoms with E-state index in [-0.39, 0.29) is 11.5 Å². The second kappa shape index (κ2) is 6.89. The summed E-state index contributed by atoms with van der Waals surface area (Å²) < 4.78 is 1.64. The Bertz CT molecular complexity index is 1090. The number of aromatic nitrogens is 4. The van der Waals surface area contributed by atoms with E-state index in [1.807, 2.05) is 23.1 Å². The SMILES string of the molecule is O=C(c1ccc2nc[nH]c2c1)N1CCC(Cn2nc3c(cc2=O)CCC3)CC1. The topological polar surface area (TPSA) is 83.9 Å². The van der Waals surface area contributed by atoms with E-state index in [9.17, 15) is 9.59 Å². The molecule has 2 aliphatic rings. The Kier molecular flexibility index (Phi) is 4.22. The maximum Gasteiger partial charge on any atom is 0.267 e. The standard InChI is InChI=1S/C21H23N5O2/c27-20-11-15-2-1-3-17(15)24-26(20)12-14-6-8-25(9-7-14)21(28)16-4-5-18-19(10-16)23-13-22-18/h4-5,10-11,13-14H,1-3,6-9,12H2,(H,22,23). The van der Waals surface area contributed by atoms with Gasteiger partial charge >= 0.3 is 0 Å². The molecule has 1 aliphatic carbocycles. The van der Waals surface area contributed by atoms with Crippen LogP contribution < -0.4 is 5.56 Å². The number of likely N-dealkylation sites (tertiary alicyclic amines) is 1. The first-order valence-corrected chi connectivity index (χ1v) is 10.00. The number of fused-ring (bicyclic) bond motifs is 2. The van der Waals surface area contributed by atoms with Gasteiger partial charge in [-0.05, 0) is 61.8 Å². The van der Waals surface area contributed by atoms with Crippen molar-refractivity contribution in [1.29, 1.82) is 0 Å². The zero-order valence-electron chi connectivity index (χ0n) is 15.7. The van der Waals surface area contributed by atoms with Gasteiger partial charge < -0.3 is 9.88 Å². The molecule has 1 aliphatic heterocycles. The molecule has 0 spiro atoms. The Morgan fingerprint density at radius 3 is 2.89 bits per heavy atom. The van der Waals surface area contributed by atoms with Crippen LogP contribution in [-0.2, 0) is 19.4 Å². The van der Waals surface area contributed by atoms with E-state index in [1.54, 1.807) is 17.1 Å². The van der Waals surface area contributed by atoms with Crippen molar-refractivity contribution in [2.45, 2.75) is 38.6 Å². The van der Waals surface area contributed by atoms with Crippen molar-refractivity contribution in [2.75, 3.05) is 13.1 Å². The van der Waals surface area contributed by atoms with Gasteiger partial charge in [0.15, 0.2) is 0 Å². The van der Waals surface area contributed by atoms with E-state index >= 15 is 0 Å². The van der Waals surface area contributed by atoms with Crippen LogP contribution in [0.25, 0.3) is 11.0 Å². The van der Waals surface area contributed by atoms with Gasteiger partial charge in [0.25, 0.3) is 11.5 Å². The molecule has 0 unspecified atom stereocenters. The van der Waals surface area contributed by atoms with Crippen LogP contribution in [0, 0.1) is 5.92 Å². The molecule has 28 heavy (non-hydrogen) atoms. The molecule has 7 nitrogen and oxygen atoms in total. The molecule has 1 N–H and O–H groups in total. The molecule has 1 aromatic carbocycles. The summed E-state index contributed by atoms with van der Waals surface area (Å²) in [5.74, 6) is 0.437. The van der Waals surface area contributed by atoms with E-state index in [4.69, 9.17) is 0 Å². The fourth-order valence-corrected chi connectivity index (χ4v) is 4.38. The number of carbonyl (C=O) groups is 1. The minimum absolute atomic E-state index is 0.00650. The monoisotopic (exact) mass is 377 g/mol. The number of rotatable bonds is 3. The number of hydrogen-bond donors (Lipinski definition) is 1. The minimum atomic E-state index is 0.00650. The fraction of sp³-hybridized carbons (Fsp3) is 0.429. The highest BCUT2D eigenvalue weighted by atomic mass is 16.2. The third-order valence-corrected chi connectivity index (χ3v) is 6.02.